The molecule has 1 amide bonds. The van der Waals surface area contributed by atoms with E-state index in [1.165, 1.54) is 0 Å². The first kappa shape index (κ1) is 17.2. The average Bonchev–Trinajstić information content (AvgIpc) is 2.24. The molecule has 1 aliphatic heterocycles. The third kappa shape index (κ3) is 5.29. The summed E-state index contributed by atoms with van der Waals surface area (Å²) in [7, 11) is 2.12. The van der Waals surface area contributed by atoms with Crippen LogP contribution in [0, 0.1) is 5.92 Å². The quantitative estimate of drug-likeness (QED) is 0.832. The zero-order valence-corrected chi connectivity index (χ0v) is 13.8. The number of nitrogens with two attached hydrogens (primary N) is 1. The highest BCUT2D eigenvalue weighted by Gasteiger charge is 2.36. The van der Waals surface area contributed by atoms with Crippen LogP contribution in [-0.2, 0) is 4.74 Å². The van der Waals surface area contributed by atoms with E-state index in [1.807, 2.05) is 34.6 Å². The summed E-state index contributed by atoms with van der Waals surface area (Å²) in [6.07, 6.45) is 1.88. The number of hydrogen-bond donors (Lipinski definition) is 2. The van der Waals surface area contributed by atoms with Crippen LogP contribution in [0.25, 0.3) is 0 Å². The first-order chi connectivity index (χ1) is 9.01. The minimum atomic E-state index is -0.491. The maximum Gasteiger partial charge on any atom is 0.408 e. The van der Waals surface area contributed by atoms with Crippen LogP contribution in [0.3, 0.4) is 0 Å². The molecular formula is C15H31N3O2. The van der Waals surface area contributed by atoms with Crippen LogP contribution in [0.1, 0.15) is 47.5 Å². The van der Waals surface area contributed by atoms with Gasteiger partial charge < -0.3 is 20.7 Å². The molecule has 0 bridgehead atoms. The molecule has 0 aromatic rings. The number of ether oxygens (including phenoxy) is 1. The molecule has 20 heavy (non-hydrogen) atoms. The fourth-order valence-electron chi connectivity index (χ4n) is 2.74. The van der Waals surface area contributed by atoms with E-state index in [0.29, 0.717) is 5.92 Å². The molecule has 0 radical (unpaired) electrons. The lowest BCUT2D eigenvalue weighted by molar-refractivity contribution is 0.0428. The molecule has 2 unspecified atom stereocenters. The van der Waals surface area contributed by atoms with E-state index < -0.39 is 17.2 Å². The standard InChI is InChI=1S/C15H31N3O2/c1-14(2,3)20-13(19)17-15(4,5)12(16)11-8-7-9-18(6)10-11/h11-12H,7-10,16H2,1-6H3,(H,17,19). The lowest BCUT2D eigenvalue weighted by Crippen LogP contribution is -2.61. The Morgan fingerprint density at radius 3 is 2.45 bits per heavy atom. The molecule has 5 heteroatoms. The van der Waals surface area contributed by atoms with Crippen molar-refractivity contribution in [1.29, 1.82) is 0 Å². The van der Waals surface area contributed by atoms with Crippen molar-refractivity contribution in [3.63, 3.8) is 0 Å². The summed E-state index contributed by atoms with van der Waals surface area (Å²) in [6.45, 7) is 11.6. The van der Waals surface area contributed by atoms with Gasteiger partial charge in [-0.3, -0.25) is 0 Å². The zero-order chi connectivity index (χ0) is 15.6. The smallest absolute Gasteiger partial charge is 0.408 e. The van der Waals surface area contributed by atoms with Gasteiger partial charge in [-0.25, -0.2) is 4.79 Å². The maximum atomic E-state index is 11.9. The Bertz CT molecular complexity index is 337. The lowest BCUT2D eigenvalue weighted by atomic mass is 9.81. The number of amides is 1. The predicted octanol–water partition coefficient (Wildman–Crippen LogP) is 1.96. The van der Waals surface area contributed by atoms with Gasteiger partial charge >= 0.3 is 6.09 Å². The van der Waals surface area contributed by atoms with Gasteiger partial charge in [-0.05, 0) is 67.0 Å². The van der Waals surface area contributed by atoms with Gasteiger partial charge in [-0.2, -0.15) is 0 Å². The van der Waals surface area contributed by atoms with Crippen molar-refractivity contribution in [3.8, 4) is 0 Å². The number of carbonyl (C=O) groups excluding carboxylic acids is 1. The van der Waals surface area contributed by atoms with Crippen molar-refractivity contribution >= 4 is 6.09 Å². The third-order valence-corrected chi connectivity index (χ3v) is 3.83. The van der Waals surface area contributed by atoms with Gasteiger partial charge in [0.05, 0.1) is 5.54 Å². The zero-order valence-electron chi connectivity index (χ0n) is 13.8. The molecule has 3 N–H and O–H groups in total. The number of rotatable bonds is 3. The molecule has 5 nitrogen and oxygen atoms in total. The number of carbonyl (C=O) groups is 1. The summed E-state index contributed by atoms with van der Waals surface area (Å²) < 4.78 is 5.32. The summed E-state index contributed by atoms with van der Waals surface area (Å²) in [5.41, 5.74) is 5.43. The van der Waals surface area contributed by atoms with E-state index in [-0.39, 0.29) is 6.04 Å². The van der Waals surface area contributed by atoms with E-state index in [1.54, 1.807) is 0 Å². The van der Waals surface area contributed by atoms with E-state index in [9.17, 15) is 4.79 Å². The summed E-state index contributed by atoms with van der Waals surface area (Å²) in [5, 5.41) is 2.92. The maximum absolute atomic E-state index is 11.9. The SMILES string of the molecule is CN1CCCC(C(N)C(C)(C)NC(=O)OC(C)(C)C)C1. The summed E-state index contributed by atoms with van der Waals surface area (Å²) in [6, 6.07) is -0.0854. The van der Waals surface area contributed by atoms with Crippen LogP contribution in [-0.4, -0.2) is 48.3 Å². The molecule has 0 aliphatic carbocycles. The number of alkyl carbamates (subject to hydrolysis) is 1. The fraction of sp³-hybridized carbons (Fsp3) is 0.933. The second-order valence-corrected chi connectivity index (χ2v) is 7.54. The second kappa shape index (κ2) is 6.31. The average molecular weight is 285 g/mol. The topological polar surface area (TPSA) is 67.6 Å². The van der Waals surface area contributed by atoms with Gasteiger partial charge in [0.1, 0.15) is 5.60 Å². The minimum Gasteiger partial charge on any atom is -0.444 e. The molecule has 2 atom stereocenters. The Morgan fingerprint density at radius 2 is 1.95 bits per heavy atom. The Kier molecular flexibility index (Phi) is 5.44. The Hall–Kier alpha value is -0.810. The number of nitrogens with zero attached hydrogens (tertiary/aromatic N) is 1. The third-order valence-electron chi connectivity index (χ3n) is 3.83. The fourth-order valence-corrected chi connectivity index (χ4v) is 2.74. The first-order valence-electron chi connectivity index (χ1n) is 7.46. The number of likely N-dealkylation sites (tertiary alicyclic amines) is 1. The molecule has 1 heterocycles. The largest absolute Gasteiger partial charge is 0.444 e. The Balaban J connectivity index is 2.60. The molecule has 1 saturated heterocycles. The summed E-state index contributed by atoms with van der Waals surface area (Å²) in [5.74, 6) is 0.402. The van der Waals surface area contributed by atoms with E-state index >= 15 is 0 Å². The highest BCUT2D eigenvalue weighted by atomic mass is 16.6. The predicted molar refractivity (Wildman–Crippen MR) is 81.6 cm³/mol. The van der Waals surface area contributed by atoms with Crippen LogP contribution in [0.5, 0.6) is 0 Å². The second-order valence-electron chi connectivity index (χ2n) is 7.54. The summed E-state index contributed by atoms with van der Waals surface area (Å²) >= 11 is 0. The van der Waals surface area contributed by atoms with Crippen molar-refractivity contribution in [1.82, 2.24) is 10.2 Å². The minimum absolute atomic E-state index is 0.0854. The molecule has 0 aromatic carbocycles. The van der Waals surface area contributed by atoms with Gasteiger partial charge in [-0.15, -0.1) is 0 Å². The van der Waals surface area contributed by atoms with E-state index in [0.717, 1.165) is 25.9 Å². The number of hydrogen-bond acceptors (Lipinski definition) is 4. The van der Waals surface area contributed by atoms with Crippen LogP contribution >= 0.6 is 0 Å². The molecule has 1 fully saturated rings. The molecule has 0 spiro atoms. The highest BCUT2D eigenvalue weighted by Crippen LogP contribution is 2.24. The molecule has 1 rings (SSSR count). The number of piperidine rings is 1. The van der Waals surface area contributed by atoms with Gasteiger partial charge in [0.15, 0.2) is 0 Å². The van der Waals surface area contributed by atoms with E-state index in [2.05, 4.69) is 17.3 Å². The van der Waals surface area contributed by atoms with Gasteiger partial charge in [0.25, 0.3) is 0 Å². The van der Waals surface area contributed by atoms with Crippen molar-refractivity contribution in [2.75, 3.05) is 20.1 Å². The molecule has 0 saturated carbocycles. The van der Waals surface area contributed by atoms with Crippen molar-refractivity contribution in [2.24, 2.45) is 11.7 Å². The van der Waals surface area contributed by atoms with Gasteiger partial charge in [0.2, 0.25) is 0 Å². The lowest BCUT2D eigenvalue weighted by Gasteiger charge is -2.41. The van der Waals surface area contributed by atoms with Gasteiger partial charge in [0, 0.05) is 12.6 Å². The highest BCUT2D eigenvalue weighted by molar-refractivity contribution is 5.68. The van der Waals surface area contributed by atoms with Crippen LogP contribution < -0.4 is 11.1 Å². The number of nitrogens with one attached hydrogen (secondary N) is 1. The molecule has 0 aromatic heterocycles. The van der Waals surface area contributed by atoms with Crippen molar-refractivity contribution in [2.45, 2.75) is 64.6 Å². The van der Waals surface area contributed by atoms with E-state index in [4.69, 9.17) is 10.5 Å². The Labute approximate surface area is 123 Å². The Morgan fingerprint density at radius 1 is 1.35 bits per heavy atom. The van der Waals surface area contributed by atoms with Crippen LogP contribution in [0.15, 0.2) is 0 Å². The van der Waals surface area contributed by atoms with Crippen LogP contribution in [0.4, 0.5) is 4.79 Å². The van der Waals surface area contributed by atoms with Crippen molar-refractivity contribution in [3.05, 3.63) is 0 Å². The van der Waals surface area contributed by atoms with Crippen LogP contribution in [0.2, 0.25) is 0 Å². The monoisotopic (exact) mass is 285 g/mol. The molecule has 118 valence electrons. The summed E-state index contributed by atoms with van der Waals surface area (Å²) in [4.78, 5) is 14.2. The molecule has 1 aliphatic rings. The van der Waals surface area contributed by atoms with Crippen molar-refractivity contribution < 1.29 is 9.53 Å². The van der Waals surface area contributed by atoms with Gasteiger partial charge in [-0.1, -0.05) is 0 Å². The first-order valence-corrected chi connectivity index (χ1v) is 7.46. The normalized spacial score (nSPS) is 23.2. The molecular weight excluding hydrogens is 254 g/mol.